The van der Waals surface area contributed by atoms with E-state index in [1.54, 1.807) is 0 Å². The summed E-state index contributed by atoms with van der Waals surface area (Å²) in [7, 11) is -4.11. The Balaban J connectivity index is 1.70. The van der Waals surface area contributed by atoms with Crippen molar-refractivity contribution in [2.45, 2.75) is 97.1 Å². The van der Waals surface area contributed by atoms with E-state index in [-0.39, 0.29) is 37.5 Å². The summed E-state index contributed by atoms with van der Waals surface area (Å²) in [6.07, 6.45) is 11.2. The zero-order valence-corrected chi connectivity index (χ0v) is 26.5. The predicted molar refractivity (Wildman–Crippen MR) is 165 cm³/mol. The quantitative estimate of drug-likeness (QED) is 0.0638. The third-order valence-electron chi connectivity index (χ3n) is 7.81. The summed E-state index contributed by atoms with van der Waals surface area (Å²) in [5, 5.41) is 44.7. The molecule has 1 saturated heterocycles. The molecule has 2 rings (SSSR count). The van der Waals surface area contributed by atoms with Crippen molar-refractivity contribution < 1.29 is 39.2 Å². The summed E-state index contributed by atoms with van der Waals surface area (Å²) in [4.78, 5) is 22.2. The second-order valence-electron chi connectivity index (χ2n) is 12.2. The van der Waals surface area contributed by atoms with Gasteiger partial charge in [-0.05, 0) is 69.4 Å². The average molecular weight is 611 g/mol. The number of carbonyl (C=O) groups is 1. The van der Waals surface area contributed by atoms with Gasteiger partial charge in [0.1, 0.15) is 0 Å². The standard InChI is InChI=1S/C31H51N2O8P/c1-21(12-13-25-23(3)11-7-14-31(25,4)5)9-6-10-22(2)17-28(36)32-15-8-16-41-42(39,40)20-24(35)18-26-29(37)30(38)27(19-34)33-26/h6,9-10,12-13,17,24,26-27,29-30,33-35,37-38H,7-8,11,14-16,18-20H2,1-5H3,(H,32,36)(H,39,40)/b10-6+,13-12+,21-9+,22-17+/t24-,26-,27-,29-,30-/m1/s1. The molecule has 0 spiro atoms. The van der Waals surface area contributed by atoms with Crippen LogP contribution in [0, 0.1) is 5.41 Å². The van der Waals surface area contributed by atoms with Crippen LogP contribution in [0.1, 0.15) is 66.7 Å². The Bertz CT molecular complexity index is 1110. The molecule has 0 bridgehead atoms. The lowest BCUT2D eigenvalue weighted by atomic mass is 9.72. The molecule has 1 amide bonds. The van der Waals surface area contributed by atoms with Crippen LogP contribution in [-0.2, 0) is 13.9 Å². The maximum Gasteiger partial charge on any atom is 0.330 e. The minimum Gasteiger partial charge on any atom is -0.395 e. The molecule has 1 heterocycles. The van der Waals surface area contributed by atoms with Crippen molar-refractivity contribution in [1.29, 1.82) is 0 Å². The van der Waals surface area contributed by atoms with E-state index in [1.165, 1.54) is 30.1 Å². The normalized spacial score (nSPS) is 27.6. The third kappa shape index (κ3) is 12.0. The first-order valence-electron chi connectivity index (χ1n) is 14.7. The molecule has 1 aliphatic heterocycles. The summed E-state index contributed by atoms with van der Waals surface area (Å²) >= 11 is 0. The SMILES string of the molecule is CC1=C(/C=C/C(C)=C/C=C/C(C)=C/C(=O)NCCCOP(=O)(O)C[C@H](O)C[C@H]2N[C@H](CO)[C@@H](O)[C@@H]2O)C(C)(C)CCC1. The van der Waals surface area contributed by atoms with Crippen molar-refractivity contribution in [2.75, 3.05) is 25.9 Å². The molecule has 10 nitrogen and oxygen atoms in total. The molecule has 238 valence electrons. The minimum atomic E-state index is -4.11. The monoisotopic (exact) mass is 610 g/mol. The van der Waals surface area contributed by atoms with E-state index in [0.717, 1.165) is 17.6 Å². The molecule has 0 aromatic carbocycles. The highest BCUT2D eigenvalue weighted by molar-refractivity contribution is 7.52. The van der Waals surface area contributed by atoms with Gasteiger partial charge in [-0.1, -0.05) is 55.4 Å². The fraction of sp³-hybridized carbons (Fsp3) is 0.645. The molecule has 6 atom stereocenters. The molecule has 7 N–H and O–H groups in total. The van der Waals surface area contributed by atoms with E-state index < -0.39 is 44.2 Å². The average Bonchev–Trinajstić information content (AvgIpc) is 3.15. The van der Waals surface area contributed by atoms with Crippen LogP contribution in [-0.4, -0.2) is 87.5 Å². The summed E-state index contributed by atoms with van der Waals surface area (Å²) in [5.74, 6) is -0.284. The summed E-state index contributed by atoms with van der Waals surface area (Å²) in [5.41, 5.74) is 4.96. The zero-order valence-electron chi connectivity index (χ0n) is 25.6. The van der Waals surface area contributed by atoms with Crippen molar-refractivity contribution in [3.63, 3.8) is 0 Å². The summed E-state index contributed by atoms with van der Waals surface area (Å²) < 4.78 is 17.4. The second kappa shape index (κ2) is 16.8. The summed E-state index contributed by atoms with van der Waals surface area (Å²) in [6, 6.07) is -1.46. The van der Waals surface area contributed by atoms with Crippen molar-refractivity contribution in [1.82, 2.24) is 10.6 Å². The molecule has 1 unspecified atom stereocenters. The Morgan fingerprint density at radius 1 is 1.19 bits per heavy atom. The van der Waals surface area contributed by atoms with Crippen LogP contribution >= 0.6 is 7.60 Å². The van der Waals surface area contributed by atoms with Gasteiger partial charge in [0, 0.05) is 18.7 Å². The van der Waals surface area contributed by atoms with Crippen LogP contribution in [0.15, 0.2) is 58.7 Å². The van der Waals surface area contributed by atoms with Crippen LogP contribution in [0.2, 0.25) is 0 Å². The van der Waals surface area contributed by atoms with Gasteiger partial charge in [0.2, 0.25) is 5.91 Å². The van der Waals surface area contributed by atoms with Gasteiger partial charge in [0.15, 0.2) is 0 Å². The van der Waals surface area contributed by atoms with E-state index in [1.807, 2.05) is 32.1 Å². The first-order valence-corrected chi connectivity index (χ1v) is 16.5. The van der Waals surface area contributed by atoms with Gasteiger partial charge in [0.25, 0.3) is 0 Å². The van der Waals surface area contributed by atoms with Crippen molar-refractivity contribution in [3.05, 3.63) is 58.7 Å². The van der Waals surface area contributed by atoms with E-state index >= 15 is 0 Å². The fourth-order valence-corrected chi connectivity index (χ4v) is 6.63. The number of hydrogen-bond donors (Lipinski definition) is 7. The first kappa shape index (κ1) is 36.3. The number of aliphatic hydroxyl groups excluding tert-OH is 4. The van der Waals surface area contributed by atoms with Gasteiger partial charge >= 0.3 is 7.60 Å². The first-order chi connectivity index (χ1) is 19.6. The van der Waals surface area contributed by atoms with Gasteiger partial charge in [-0.25, -0.2) is 0 Å². The number of hydrogen-bond acceptors (Lipinski definition) is 8. The highest BCUT2D eigenvalue weighted by Crippen LogP contribution is 2.43. The lowest BCUT2D eigenvalue weighted by Crippen LogP contribution is -2.38. The maximum atomic E-state index is 12.3. The lowest BCUT2D eigenvalue weighted by molar-refractivity contribution is -0.116. The molecule has 42 heavy (non-hydrogen) atoms. The summed E-state index contributed by atoms with van der Waals surface area (Å²) in [6.45, 7) is 10.4. The maximum absolute atomic E-state index is 12.3. The van der Waals surface area contributed by atoms with E-state index in [9.17, 15) is 34.7 Å². The van der Waals surface area contributed by atoms with Gasteiger partial charge < -0.3 is 40.5 Å². The number of carbonyl (C=O) groups excluding carboxylic acids is 1. The largest absolute Gasteiger partial charge is 0.395 e. The molecule has 2 aliphatic rings. The molecule has 1 fully saturated rings. The number of aliphatic hydroxyl groups is 4. The number of amides is 1. The third-order valence-corrected chi connectivity index (χ3v) is 9.28. The molecule has 1 aliphatic carbocycles. The van der Waals surface area contributed by atoms with Crippen LogP contribution in [0.5, 0.6) is 0 Å². The number of allylic oxidation sites excluding steroid dienone is 9. The van der Waals surface area contributed by atoms with Crippen LogP contribution in [0.25, 0.3) is 0 Å². The van der Waals surface area contributed by atoms with Crippen LogP contribution in [0.4, 0.5) is 0 Å². The molecule has 0 aromatic rings. The number of nitrogens with one attached hydrogen (secondary N) is 2. The number of rotatable bonds is 15. The Kier molecular flexibility index (Phi) is 14.5. The Morgan fingerprint density at radius 2 is 1.88 bits per heavy atom. The van der Waals surface area contributed by atoms with Crippen molar-refractivity contribution in [2.24, 2.45) is 5.41 Å². The van der Waals surface area contributed by atoms with Crippen LogP contribution < -0.4 is 10.6 Å². The zero-order chi connectivity index (χ0) is 31.5. The highest BCUT2D eigenvalue weighted by Gasteiger charge is 2.41. The molecular weight excluding hydrogens is 559 g/mol. The fourth-order valence-electron chi connectivity index (χ4n) is 5.43. The molecule has 0 aromatic heterocycles. The smallest absolute Gasteiger partial charge is 0.330 e. The van der Waals surface area contributed by atoms with Gasteiger partial charge in [-0.3, -0.25) is 9.36 Å². The lowest BCUT2D eigenvalue weighted by Gasteiger charge is -2.32. The van der Waals surface area contributed by atoms with E-state index in [0.29, 0.717) is 6.42 Å². The predicted octanol–water partition coefficient (Wildman–Crippen LogP) is 3.03. The minimum absolute atomic E-state index is 0.0931. The second-order valence-corrected chi connectivity index (χ2v) is 14.1. The highest BCUT2D eigenvalue weighted by atomic mass is 31.2. The van der Waals surface area contributed by atoms with E-state index in [4.69, 9.17) is 4.52 Å². The van der Waals surface area contributed by atoms with Crippen molar-refractivity contribution in [3.8, 4) is 0 Å². The van der Waals surface area contributed by atoms with Gasteiger partial charge in [0.05, 0.1) is 43.7 Å². The molecule has 0 saturated carbocycles. The van der Waals surface area contributed by atoms with Gasteiger partial charge in [-0.2, -0.15) is 0 Å². The van der Waals surface area contributed by atoms with Crippen LogP contribution in [0.3, 0.4) is 0 Å². The Morgan fingerprint density at radius 3 is 2.52 bits per heavy atom. The molecule has 11 heteroatoms. The van der Waals surface area contributed by atoms with E-state index in [2.05, 4.69) is 43.6 Å². The topological polar surface area (TPSA) is 169 Å². The van der Waals surface area contributed by atoms with Crippen molar-refractivity contribution >= 4 is 13.5 Å². The Hall–Kier alpha value is -1.88. The Labute approximate surface area is 250 Å². The molecule has 0 radical (unpaired) electrons. The molecular formula is C31H51N2O8P. The van der Waals surface area contributed by atoms with Gasteiger partial charge in [-0.15, -0.1) is 0 Å².